The van der Waals surface area contributed by atoms with Crippen molar-refractivity contribution in [2.75, 3.05) is 0 Å². The van der Waals surface area contributed by atoms with Crippen LogP contribution in [0.25, 0.3) is 23.8 Å². The summed E-state index contributed by atoms with van der Waals surface area (Å²) in [5.74, 6) is -2.03. The minimum absolute atomic E-state index is 0.00415. The summed E-state index contributed by atoms with van der Waals surface area (Å²) in [6.07, 6.45) is 4.90. The predicted molar refractivity (Wildman–Crippen MR) is 136 cm³/mol. The van der Waals surface area contributed by atoms with E-state index in [0.29, 0.717) is 5.92 Å². The average molecular weight is 455 g/mol. The number of hydrogen-bond acceptors (Lipinski definition) is 0. The lowest BCUT2D eigenvalue weighted by molar-refractivity contribution is 0.627. The monoisotopic (exact) mass is 454 g/mol. The van der Waals surface area contributed by atoms with Gasteiger partial charge in [0.25, 0.3) is 0 Å². The third kappa shape index (κ3) is 5.93. The normalized spacial score (nSPS) is 13.1. The van der Waals surface area contributed by atoms with E-state index >= 15 is 0 Å². The van der Waals surface area contributed by atoms with Gasteiger partial charge in [-0.3, -0.25) is 0 Å². The summed E-state index contributed by atoms with van der Waals surface area (Å²) in [5.41, 5.74) is 4.69. The lowest BCUT2D eigenvalue weighted by Gasteiger charge is -2.12. The average Bonchev–Trinajstić information content (AvgIpc) is 2.88. The molecule has 0 aliphatic heterocycles. The summed E-state index contributed by atoms with van der Waals surface area (Å²) in [4.78, 5) is 0. The van der Waals surface area contributed by atoms with Crippen molar-refractivity contribution < 1.29 is 13.2 Å². The van der Waals surface area contributed by atoms with Crippen LogP contribution in [-0.4, -0.2) is 0 Å². The van der Waals surface area contributed by atoms with Gasteiger partial charge in [0.15, 0.2) is 11.7 Å². The highest BCUT2D eigenvalue weighted by atomic mass is 19.2. The number of hydrogen-bond donors (Lipinski definition) is 0. The van der Waals surface area contributed by atoms with Crippen LogP contribution in [0.1, 0.15) is 46.2 Å². The van der Waals surface area contributed by atoms with E-state index in [1.54, 1.807) is 12.1 Å². The van der Waals surface area contributed by atoms with Gasteiger partial charge in [-0.25, -0.2) is 13.2 Å². The van der Waals surface area contributed by atoms with E-state index in [9.17, 15) is 13.2 Å². The van der Waals surface area contributed by atoms with E-state index in [2.05, 4.69) is 55.5 Å². The number of rotatable bonds is 7. The molecule has 170 valence electrons. The van der Waals surface area contributed by atoms with Crippen molar-refractivity contribution in [2.24, 2.45) is 0 Å². The summed E-state index contributed by atoms with van der Waals surface area (Å²) < 4.78 is 41.9. The van der Waals surface area contributed by atoms with E-state index in [4.69, 9.17) is 0 Å². The summed E-state index contributed by atoms with van der Waals surface area (Å²) in [6.45, 7) is 2.23. The molecule has 0 saturated heterocycles. The summed E-state index contributed by atoms with van der Waals surface area (Å²) in [6, 6.07) is 30.1. The zero-order valence-corrected chi connectivity index (χ0v) is 18.9. The number of benzene rings is 4. The second-order valence-corrected chi connectivity index (χ2v) is 8.35. The van der Waals surface area contributed by atoms with Crippen molar-refractivity contribution in [1.82, 2.24) is 0 Å². The van der Waals surface area contributed by atoms with Crippen LogP contribution in [0.5, 0.6) is 0 Å². The zero-order valence-electron chi connectivity index (χ0n) is 18.9. The largest absolute Gasteiger partial charge is 0.207 e. The molecule has 0 aromatic heterocycles. The molecule has 4 aromatic rings. The Kier molecular flexibility index (Phi) is 7.44. The van der Waals surface area contributed by atoms with Gasteiger partial charge in [-0.05, 0) is 58.9 Å². The molecular weight excluding hydrogens is 429 g/mol. The molecule has 0 saturated carbocycles. The molecule has 0 radical (unpaired) electrons. The lowest BCUT2D eigenvalue weighted by atomic mass is 9.93. The molecule has 0 nitrogen and oxygen atoms in total. The molecule has 0 bridgehead atoms. The van der Waals surface area contributed by atoms with E-state index < -0.39 is 17.5 Å². The molecule has 34 heavy (non-hydrogen) atoms. The van der Waals surface area contributed by atoms with Crippen LogP contribution >= 0.6 is 0 Å². The van der Waals surface area contributed by atoms with Crippen LogP contribution in [0.2, 0.25) is 0 Å². The van der Waals surface area contributed by atoms with Gasteiger partial charge in [-0.1, -0.05) is 97.9 Å². The van der Waals surface area contributed by atoms with Crippen molar-refractivity contribution in [3.8, 4) is 0 Å². The highest BCUT2D eigenvalue weighted by Gasteiger charge is 2.11. The van der Waals surface area contributed by atoms with Crippen molar-refractivity contribution in [3.63, 3.8) is 0 Å². The summed E-state index contributed by atoms with van der Waals surface area (Å²) in [5, 5.41) is 0. The fourth-order valence-corrected chi connectivity index (χ4v) is 3.80. The van der Waals surface area contributed by atoms with Gasteiger partial charge in [-0.15, -0.1) is 0 Å². The van der Waals surface area contributed by atoms with Gasteiger partial charge in [0.2, 0.25) is 0 Å². The second kappa shape index (κ2) is 10.8. The van der Waals surface area contributed by atoms with Gasteiger partial charge in [-0.2, -0.15) is 0 Å². The summed E-state index contributed by atoms with van der Waals surface area (Å²) >= 11 is 0. The predicted octanol–water partition coefficient (Wildman–Crippen LogP) is 9.11. The highest BCUT2D eigenvalue weighted by Crippen LogP contribution is 2.29. The molecule has 0 aliphatic carbocycles. The quantitative estimate of drug-likeness (QED) is 0.244. The van der Waals surface area contributed by atoms with Crippen LogP contribution < -0.4 is 0 Å². The Morgan fingerprint density at radius 1 is 0.647 bits per heavy atom. The van der Waals surface area contributed by atoms with Gasteiger partial charge in [0.1, 0.15) is 5.82 Å². The first kappa shape index (κ1) is 23.3. The molecule has 0 fully saturated rings. The Hall–Kier alpha value is -3.85. The molecule has 0 N–H and O–H groups in total. The van der Waals surface area contributed by atoms with E-state index in [1.165, 1.54) is 35.4 Å². The Labute approximate surface area is 198 Å². The van der Waals surface area contributed by atoms with Crippen molar-refractivity contribution >= 4 is 23.8 Å². The van der Waals surface area contributed by atoms with Crippen LogP contribution in [0.4, 0.5) is 13.2 Å². The first-order chi connectivity index (χ1) is 16.5. The zero-order chi connectivity index (χ0) is 23.9. The molecule has 0 amide bonds. The lowest BCUT2D eigenvalue weighted by Crippen LogP contribution is -1.98. The van der Waals surface area contributed by atoms with E-state index in [-0.39, 0.29) is 11.1 Å². The minimum atomic E-state index is -1.01. The number of halogens is 3. The minimum Gasteiger partial charge on any atom is -0.207 e. The van der Waals surface area contributed by atoms with E-state index in [0.717, 1.165) is 29.7 Å². The first-order valence-electron chi connectivity index (χ1n) is 11.2. The van der Waals surface area contributed by atoms with Gasteiger partial charge in [0.05, 0.1) is 0 Å². The molecular formula is C31H25F3. The third-order valence-electron chi connectivity index (χ3n) is 5.81. The van der Waals surface area contributed by atoms with Crippen molar-refractivity contribution in [1.29, 1.82) is 0 Å². The molecule has 0 heterocycles. The third-order valence-corrected chi connectivity index (χ3v) is 5.81. The molecule has 0 unspecified atom stereocenters. The molecule has 4 rings (SSSR count). The van der Waals surface area contributed by atoms with Gasteiger partial charge < -0.3 is 0 Å². The maximum absolute atomic E-state index is 14.5. The smallest absolute Gasteiger partial charge is 0.166 e. The SMILES string of the molecule is C[C@H](Cc1ccc(C=Cc2ccc(/C(F)=C(\F)c3ccc(F)cc3)cc2)cc1)c1ccccc1. The van der Waals surface area contributed by atoms with Crippen LogP contribution in [0.3, 0.4) is 0 Å². The van der Waals surface area contributed by atoms with Gasteiger partial charge in [0, 0.05) is 11.1 Å². The molecule has 0 aliphatic rings. The fraction of sp³-hybridized carbons (Fsp3) is 0.0968. The molecule has 3 heteroatoms. The Balaban J connectivity index is 1.40. The Morgan fingerprint density at radius 2 is 1.12 bits per heavy atom. The van der Waals surface area contributed by atoms with Crippen LogP contribution in [0.15, 0.2) is 103 Å². The Morgan fingerprint density at radius 3 is 1.65 bits per heavy atom. The molecule has 4 aromatic carbocycles. The van der Waals surface area contributed by atoms with Crippen LogP contribution in [0, 0.1) is 5.82 Å². The Bertz CT molecular complexity index is 1270. The topological polar surface area (TPSA) is 0 Å². The van der Waals surface area contributed by atoms with E-state index in [1.807, 2.05) is 18.2 Å². The van der Waals surface area contributed by atoms with Gasteiger partial charge >= 0.3 is 0 Å². The van der Waals surface area contributed by atoms with Crippen molar-refractivity contribution in [2.45, 2.75) is 19.3 Å². The summed E-state index contributed by atoms with van der Waals surface area (Å²) in [7, 11) is 0. The fourth-order valence-electron chi connectivity index (χ4n) is 3.80. The standard InChI is InChI=1S/C31H25F3/c1-22(26-5-3-2-4-6-26)21-25-11-9-23(10-12-25)7-8-24-13-15-27(16-14-24)30(33)31(34)28-17-19-29(32)20-18-28/h2-20,22H,21H2,1H3/b8-7?,31-30+/t22-/m1/s1. The first-order valence-corrected chi connectivity index (χ1v) is 11.2. The highest BCUT2D eigenvalue weighted by molar-refractivity contribution is 5.83. The molecule has 0 spiro atoms. The maximum atomic E-state index is 14.5. The second-order valence-electron chi connectivity index (χ2n) is 8.35. The molecule has 1 atom stereocenters. The maximum Gasteiger partial charge on any atom is 0.166 e. The van der Waals surface area contributed by atoms with Crippen molar-refractivity contribution in [3.05, 3.63) is 142 Å². The van der Waals surface area contributed by atoms with Crippen LogP contribution in [-0.2, 0) is 6.42 Å².